The minimum Gasteiger partial charge on any atom is -0.208 e. The molecule has 0 radical (unpaired) electrons. The third kappa shape index (κ3) is 6.72. The Kier molecular flexibility index (Phi) is 8.76. The highest BCUT2D eigenvalue weighted by Crippen LogP contribution is 2.30. The van der Waals surface area contributed by atoms with Gasteiger partial charge in [0.25, 0.3) is 0 Å². The summed E-state index contributed by atoms with van der Waals surface area (Å²) in [6, 6.07) is 51.7. The van der Waals surface area contributed by atoms with Gasteiger partial charge in [0.15, 0.2) is 17.5 Å². The summed E-state index contributed by atoms with van der Waals surface area (Å²) in [5.74, 6) is 2.51. The first kappa shape index (κ1) is 31.0. The average molecular weight is 622 g/mol. The monoisotopic (exact) mass is 621 g/mol. The van der Waals surface area contributed by atoms with Gasteiger partial charge in [-0.2, -0.15) is 0 Å². The largest absolute Gasteiger partial charge is 0.208 e. The molecule has 0 bridgehead atoms. The second kappa shape index (κ2) is 13.6. The third-order valence-electron chi connectivity index (χ3n) is 9.26. The average Bonchev–Trinajstić information content (AvgIpc) is 3.15. The SMILES string of the molecule is CCC(C)c1ccc(-c2ccc(-c3nc(-c4ccc(-c5ccc(C)cc5)cc4)nc(-c4ccc(-c5ccc(C)cc5)cc4)n3)cc2)cc1. The van der Waals surface area contributed by atoms with Crippen molar-refractivity contribution < 1.29 is 0 Å². The van der Waals surface area contributed by atoms with Crippen molar-refractivity contribution in [3.05, 3.63) is 162 Å². The number of nitrogens with zero attached hydrogens (tertiary/aromatic N) is 3. The van der Waals surface area contributed by atoms with Crippen molar-refractivity contribution >= 4 is 0 Å². The van der Waals surface area contributed by atoms with Crippen LogP contribution in [0.2, 0.25) is 0 Å². The molecular weight excluding hydrogens is 583 g/mol. The van der Waals surface area contributed by atoms with Crippen LogP contribution in [-0.4, -0.2) is 15.0 Å². The van der Waals surface area contributed by atoms with E-state index in [1.807, 2.05) is 0 Å². The van der Waals surface area contributed by atoms with E-state index in [0.717, 1.165) is 34.2 Å². The normalized spacial score (nSPS) is 11.8. The first-order valence-electron chi connectivity index (χ1n) is 16.8. The van der Waals surface area contributed by atoms with E-state index < -0.39 is 0 Å². The van der Waals surface area contributed by atoms with Gasteiger partial charge in [0.1, 0.15) is 0 Å². The van der Waals surface area contributed by atoms with E-state index in [-0.39, 0.29) is 0 Å². The zero-order valence-electron chi connectivity index (χ0n) is 28.0. The van der Waals surface area contributed by atoms with Crippen LogP contribution in [0.3, 0.4) is 0 Å². The lowest BCUT2D eigenvalue weighted by Crippen LogP contribution is -2.00. The van der Waals surface area contributed by atoms with Gasteiger partial charge in [0, 0.05) is 16.7 Å². The molecule has 1 unspecified atom stereocenters. The lowest BCUT2D eigenvalue weighted by Gasteiger charge is -2.11. The predicted octanol–water partition coefficient (Wildman–Crippen LogP) is 12.0. The fourth-order valence-electron chi connectivity index (χ4n) is 5.93. The van der Waals surface area contributed by atoms with Crippen LogP contribution < -0.4 is 0 Å². The number of rotatable bonds is 8. The van der Waals surface area contributed by atoms with Crippen LogP contribution in [0.25, 0.3) is 67.5 Å². The Hall–Kier alpha value is -5.67. The summed E-state index contributed by atoms with van der Waals surface area (Å²) in [7, 11) is 0. The maximum atomic E-state index is 5.01. The molecule has 0 N–H and O–H groups in total. The van der Waals surface area contributed by atoms with E-state index in [0.29, 0.717) is 23.4 Å². The Labute approximate surface area is 284 Å². The van der Waals surface area contributed by atoms with Crippen molar-refractivity contribution in [2.24, 2.45) is 0 Å². The van der Waals surface area contributed by atoms with E-state index in [4.69, 9.17) is 15.0 Å². The molecule has 48 heavy (non-hydrogen) atoms. The third-order valence-corrected chi connectivity index (χ3v) is 9.26. The number of aryl methyl sites for hydroxylation is 2. The zero-order valence-corrected chi connectivity index (χ0v) is 28.0. The highest BCUT2D eigenvalue weighted by Gasteiger charge is 2.14. The van der Waals surface area contributed by atoms with Crippen LogP contribution in [0, 0.1) is 13.8 Å². The van der Waals surface area contributed by atoms with Crippen LogP contribution in [0.5, 0.6) is 0 Å². The van der Waals surface area contributed by atoms with Gasteiger partial charge in [0.2, 0.25) is 0 Å². The van der Waals surface area contributed by atoms with Gasteiger partial charge < -0.3 is 0 Å². The Bertz CT molecular complexity index is 2020. The van der Waals surface area contributed by atoms with Gasteiger partial charge in [0.05, 0.1) is 0 Å². The maximum absolute atomic E-state index is 5.01. The molecule has 0 aliphatic carbocycles. The molecule has 0 saturated carbocycles. The smallest absolute Gasteiger partial charge is 0.164 e. The van der Waals surface area contributed by atoms with Crippen LogP contribution in [0.1, 0.15) is 42.9 Å². The summed E-state index contributed by atoms with van der Waals surface area (Å²) in [5, 5.41) is 0. The molecule has 0 amide bonds. The van der Waals surface area contributed by atoms with Gasteiger partial charge in [-0.3, -0.25) is 0 Å². The summed E-state index contributed by atoms with van der Waals surface area (Å²) in [5.41, 5.74) is 13.8. The van der Waals surface area contributed by atoms with Crippen molar-refractivity contribution in [1.82, 2.24) is 15.0 Å². The highest BCUT2D eigenvalue weighted by atomic mass is 15.0. The molecule has 1 aromatic heterocycles. The number of hydrogen-bond donors (Lipinski definition) is 0. The van der Waals surface area contributed by atoms with Crippen LogP contribution in [0.15, 0.2) is 146 Å². The summed E-state index contributed by atoms with van der Waals surface area (Å²) < 4.78 is 0. The fourth-order valence-corrected chi connectivity index (χ4v) is 5.93. The van der Waals surface area contributed by atoms with Crippen LogP contribution >= 0.6 is 0 Å². The van der Waals surface area contributed by atoms with Crippen molar-refractivity contribution in [3.63, 3.8) is 0 Å². The van der Waals surface area contributed by atoms with Crippen LogP contribution in [0.4, 0.5) is 0 Å². The molecule has 234 valence electrons. The molecular formula is C45H39N3. The molecule has 0 aliphatic rings. The molecule has 0 spiro atoms. The zero-order chi connectivity index (χ0) is 33.0. The van der Waals surface area contributed by atoms with Crippen LogP contribution in [-0.2, 0) is 0 Å². The first-order valence-corrected chi connectivity index (χ1v) is 16.8. The molecule has 0 saturated heterocycles. The maximum Gasteiger partial charge on any atom is 0.164 e. The fraction of sp³-hybridized carbons (Fsp3) is 0.133. The van der Waals surface area contributed by atoms with E-state index in [1.54, 1.807) is 0 Å². The minimum atomic E-state index is 0.561. The first-order chi connectivity index (χ1) is 23.4. The second-order valence-corrected chi connectivity index (χ2v) is 12.7. The number of aromatic nitrogens is 3. The van der Waals surface area contributed by atoms with E-state index >= 15 is 0 Å². The second-order valence-electron chi connectivity index (χ2n) is 12.7. The molecule has 0 fully saturated rings. The molecule has 3 heteroatoms. The molecule has 7 rings (SSSR count). The van der Waals surface area contributed by atoms with Gasteiger partial charge >= 0.3 is 0 Å². The van der Waals surface area contributed by atoms with Crippen molar-refractivity contribution in [1.29, 1.82) is 0 Å². The molecule has 0 aliphatic heterocycles. The Morgan fingerprint density at radius 2 is 0.583 bits per heavy atom. The Morgan fingerprint density at radius 1 is 0.354 bits per heavy atom. The topological polar surface area (TPSA) is 38.7 Å². The lowest BCUT2D eigenvalue weighted by molar-refractivity contribution is 0.734. The number of benzene rings is 6. The predicted molar refractivity (Wildman–Crippen MR) is 201 cm³/mol. The Balaban J connectivity index is 1.24. The lowest BCUT2D eigenvalue weighted by atomic mass is 9.95. The summed E-state index contributed by atoms with van der Waals surface area (Å²) >= 11 is 0. The van der Waals surface area contributed by atoms with E-state index in [2.05, 4.69) is 173 Å². The van der Waals surface area contributed by atoms with Gasteiger partial charge in [-0.15, -0.1) is 0 Å². The van der Waals surface area contributed by atoms with E-state index in [9.17, 15) is 0 Å². The van der Waals surface area contributed by atoms with E-state index in [1.165, 1.54) is 38.9 Å². The molecule has 6 aromatic carbocycles. The molecule has 1 atom stereocenters. The van der Waals surface area contributed by atoms with Crippen molar-refractivity contribution in [2.45, 2.75) is 40.0 Å². The van der Waals surface area contributed by atoms with Crippen molar-refractivity contribution in [3.8, 4) is 67.5 Å². The van der Waals surface area contributed by atoms with Gasteiger partial charge in [-0.25, -0.2) is 15.0 Å². The molecule has 7 aromatic rings. The summed E-state index contributed by atoms with van der Waals surface area (Å²) in [6.07, 6.45) is 1.14. The summed E-state index contributed by atoms with van der Waals surface area (Å²) in [4.78, 5) is 15.0. The Morgan fingerprint density at radius 3 is 0.854 bits per heavy atom. The summed E-state index contributed by atoms with van der Waals surface area (Å²) in [6.45, 7) is 8.73. The quantitative estimate of drug-likeness (QED) is 0.169. The molecule has 3 nitrogen and oxygen atoms in total. The van der Waals surface area contributed by atoms with Gasteiger partial charge in [-0.05, 0) is 65.1 Å². The number of hydrogen-bond acceptors (Lipinski definition) is 3. The standard InChI is InChI=1S/C45H39N3/c1-5-32(4)33-14-16-36(17-15-33)39-22-28-42(29-23-39)45-47-43(40-24-18-37(19-25-40)34-10-6-30(2)7-11-34)46-44(48-45)41-26-20-38(21-27-41)35-12-8-31(3)9-13-35/h6-29,32H,5H2,1-4H3. The van der Waals surface area contributed by atoms with Gasteiger partial charge in [-0.1, -0.05) is 171 Å². The highest BCUT2D eigenvalue weighted by molar-refractivity contribution is 5.73. The van der Waals surface area contributed by atoms with Crippen molar-refractivity contribution in [2.75, 3.05) is 0 Å². The minimum absolute atomic E-state index is 0.561. The molecule has 1 heterocycles.